The second-order valence-corrected chi connectivity index (χ2v) is 7.54. The van der Waals surface area contributed by atoms with Crippen molar-refractivity contribution in [1.82, 2.24) is 9.88 Å². The van der Waals surface area contributed by atoms with Gasteiger partial charge in [-0.1, -0.05) is 31.5 Å². The minimum atomic E-state index is -0.424. The SMILES string of the molecule is CCC[C@@]1(CO)CN(Cc2cccc(OCc3ccccn3)c2)CC[C@@H]1O. The first kappa shape index (κ1) is 19.8. The van der Waals surface area contributed by atoms with E-state index < -0.39 is 11.5 Å². The van der Waals surface area contributed by atoms with Crippen molar-refractivity contribution >= 4 is 0 Å². The zero-order chi connectivity index (χ0) is 19.1. The van der Waals surface area contributed by atoms with Crippen LogP contribution >= 0.6 is 0 Å². The average Bonchev–Trinajstić information content (AvgIpc) is 2.70. The maximum atomic E-state index is 10.4. The van der Waals surface area contributed by atoms with Crippen molar-refractivity contribution in [2.24, 2.45) is 5.41 Å². The third kappa shape index (κ3) is 5.06. The number of likely N-dealkylation sites (tertiary alicyclic amines) is 1. The highest BCUT2D eigenvalue weighted by molar-refractivity contribution is 5.28. The van der Waals surface area contributed by atoms with Crippen LogP contribution in [0.3, 0.4) is 0 Å². The summed E-state index contributed by atoms with van der Waals surface area (Å²) in [5.41, 5.74) is 1.67. The highest BCUT2D eigenvalue weighted by Gasteiger charge is 2.41. The van der Waals surface area contributed by atoms with Gasteiger partial charge in [-0.15, -0.1) is 0 Å². The number of aliphatic hydroxyl groups is 2. The van der Waals surface area contributed by atoms with Crippen molar-refractivity contribution in [1.29, 1.82) is 0 Å². The molecule has 2 aromatic rings. The van der Waals surface area contributed by atoms with E-state index in [0.717, 1.165) is 43.9 Å². The number of aromatic nitrogens is 1. The maximum Gasteiger partial charge on any atom is 0.130 e. The summed E-state index contributed by atoms with van der Waals surface area (Å²) in [6, 6.07) is 13.9. The zero-order valence-corrected chi connectivity index (χ0v) is 16.1. The fourth-order valence-corrected chi connectivity index (χ4v) is 3.99. The van der Waals surface area contributed by atoms with Gasteiger partial charge in [0.25, 0.3) is 0 Å². The normalized spacial score (nSPS) is 23.3. The highest BCUT2D eigenvalue weighted by atomic mass is 16.5. The van der Waals surface area contributed by atoms with Crippen molar-refractivity contribution in [3.63, 3.8) is 0 Å². The minimum Gasteiger partial charge on any atom is -0.487 e. The van der Waals surface area contributed by atoms with Gasteiger partial charge in [-0.3, -0.25) is 9.88 Å². The number of nitrogens with zero attached hydrogens (tertiary/aromatic N) is 2. The summed E-state index contributed by atoms with van der Waals surface area (Å²) in [5, 5.41) is 20.4. The molecule has 146 valence electrons. The van der Waals surface area contributed by atoms with Crippen LogP contribution in [0.1, 0.15) is 37.4 Å². The molecule has 0 spiro atoms. The largest absolute Gasteiger partial charge is 0.487 e. The Morgan fingerprint density at radius 3 is 2.89 bits per heavy atom. The topological polar surface area (TPSA) is 65.8 Å². The van der Waals surface area contributed by atoms with Crippen molar-refractivity contribution < 1.29 is 14.9 Å². The lowest BCUT2D eigenvalue weighted by Crippen LogP contribution is -2.53. The number of benzene rings is 1. The molecule has 0 unspecified atom stereocenters. The summed E-state index contributed by atoms with van der Waals surface area (Å²) in [6.45, 7) is 4.93. The summed E-state index contributed by atoms with van der Waals surface area (Å²) < 4.78 is 5.88. The molecule has 0 aliphatic carbocycles. The molecule has 1 saturated heterocycles. The van der Waals surface area contributed by atoms with E-state index in [-0.39, 0.29) is 6.61 Å². The van der Waals surface area contributed by atoms with Crippen molar-refractivity contribution in [2.75, 3.05) is 19.7 Å². The van der Waals surface area contributed by atoms with E-state index in [1.165, 1.54) is 5.56 Å². The summed E-state index contributed by atoms with van der Waals surface area (Å²) in [6.07, 6.45) is 3.85. The smallest absolute Gasteiger partial charge is 0.130 e. The van der Waals surface area contributed by atoms with Crippen LogP contribution in [0.15, 0.2) is 48.7 Å². The molecule has 27 heavy (non-hydrogen) atoms. The molecule has 0 saturated carbocycles. The van der Waals surface area contributed by atoms with Crippen LogP contribution in [0.4, 0.5) is 0 Å². The molecule has 1 aliphatic rings. The van der Waals surface area contributed by atoms with Gasteiger partial charge in [0.15, 0.2) is 0 Å². The van der Waals surface area contributed by atoms with Crippen LogP contribution in [0, 0.1) is 5.41 Å². The van der Waals surface area contributed by atoms with Gasteiger partial charge < -0.3 is 14.9 Å². The number of aliphatic hydroxyl groups excluding tert-OH is 2. The van der Waals surface area contributed by atoms with E-state index in [4.69, 9.17) is 4.74 Å². The molecule has 3 rings (SSSR count). The van der Waals surface area contributed by atoms with Crippen molar-refractivity contribution in [3.8, 4) is 5.75 Å². The van der Waals surface area contributed by atoms with E-state index in [0.29, 0.717) is 13.0 Å². The number of rotatable bonds is 8. The number of ether oxygens (including phenoxy) is 1. The van der Waals surface area contributed by atoms with Crippen LogP contribution in [-0.2, 0) is 13.2 Å². The highest BCUT2D eigenvalue weighted by Crippen LogP contribution is 2.35. The molecule has 0 radical (unpaired) electrons. The molecular weight excluding hydrogens is 340 g/mol. The van der Waals surface area contributed by atoms with Crippen molar-refractivity contribution in [2.45, 2.75) is 45.4 Å². The minimum absolute atomic E-state index is 0.0335. The molecule has 1 aromatic carbocycles. The Bertz CT molecular complexity index is 710. The lowest BCUT2D eigenvalue weighted by atomic mass is 9.74. The summed E-state index contributed by atoms with van der Waals surface area (Å²) in [5.74, 6) is 0.831. The van der Waals surface area contributed by atoms with Crippen LogP contribution < -0.4 is 4.74 Å². The van der Waals surface area contributed by atoms with E-state index in [2.05, 4.69) is 28.9 Å². The second kappa shape index (κ2) is 9.31. The lowest BCUT2D eigenvalue weighted by Gasteiger charge is -2.45. The van der Waals surface area contributed by atoms with Crippen LogP contribution in [0.25, 0.3) is 0 Å². The summed E-state index contributed by atoms with van der Waals surface area (Å²) >= 11 is 0. The second-order valence-electron chi connectivity index (χ2n) is 7.54. The molecule has 1 aliphatic heterocycles. The Hall–Kier alpha value is -1.95. The third-order valence-electron chi connectivity index (χ3n) is 5.44. The zero-order valence-electron chi connectivity index (χ0n) is 16.1. The average molecular weight is 370 g/mol. The molecule has 2 N–H and O–H groups in total. The van der Waals surface area contributed by atoms with Gasteiger partial charge in [0.1, 0.15) is 12.4 Å². The molecule has 5 nitrogen and oxygen atoms in total. The molecule has 1 fully saturated rings. The predicted molar refractivity (Wildman–Crippen MR) is 105 cm³/mol. The van der Waals surface area contributed by atoms with Gasteiger partial charge in [0.05, 0.1) is 18.4 Å². The number of hydrogen-bond donors (Lipinski definition) is 2. The van der Waals surface area contributed by atoms with E-state index in [9.17, 15) is 10.2 Å². The Morgan fingerprint density at radius 1 is 1.26 bits per heavy atom. The number of piperidine rings is 1. The molecule has 0 amide bonds. The molecule has 5 heteroatoms. The first-order valence-electron chi connectivity index (χ1n) is 9.78. The number of hydrogen-bond acceptors (Lipinski definition) is 5. The Balaban J connectivity index is 1.62. The fourth-order valence-electron chi connectivity index (χ4n) is 3.99. The van der Waals surface area contributed by atoms with Gasteiger partial charge in [-0.25, -0.2) is 0 Å². The lowest BCUT2D eigenvalue weighted by molar-refractivity contribution is -0.0819. The maximum absolute atomic E-state index is 10.4. The first-order chi connectivity index (χ1) is 13.1. The van der Waals surface area contributed by atoms with Crippen LogP contribution in [0.5, 0.6) is 5.75 Å². The fraction of sp³-hybridized carbons (Fsp3) is 0.500. The van der Waals surface area contributed by atoms with Crippen LogP contribution in [0.2, 0.25) is 0 Å². The van der Waals surface area contributed by atoms with Gasteiger partial charge in [-0.05, 0) is 42.7 Å². The molecule has 0 bridgehead atoms. The van der Waals surface area contributed by atoms with E-state index >= 15 is 0 Å². The number of pyridine rings is 1. The Labute approximate surface area is 161 Å². The van der Waals surface area contributed by atoms with Gasteiger partial charge in [-0.2, -0.15) is 0 Å². The monoisotopic (exact) mass is 370 g/mol. The first-order valence-corrected chi connectivity index (χ1v) is 9.78. The molecule has 2 heterocycles. The van der Waals surface area contributed by atoms with Gasteiger partial charge in [0.2, 0.25) is 0 Å². The Morgan fingerprint density at radius 2 is 2.15 bits per heavy atom. The Kier molecular flexibility index (Phi) is 6.83. The summed E-state index contributed by atoms with van der Waals surface area (Å²) in [7, 11) is 0. The molecule has 2 atom stereocenters. The van der Waals surface area contributed by atoms with E-state index in [1.54, 1.807) is 6.20 Å². The third-order valence-corrected chi connectivity index (χ3v) is 5.44. The van der Waals surface area contributed by atoms with Crippen LogP contribution in [-0.4, -0.2) is 45.9 Å². The summed E-state index contributed by atoms with van der Waals surface area (Å²) in [4.78, 5) is 6.61. The van der Waals surface area contributed by atoms with Gasteiger partial charge in [0, 0.05) is 31.2 Å². The standard InChI is InChI=1S/C22H30N2O3/c1-2-10-22(17-25)16-24(12-9-21(22)26)14-18-6-5-8-20(13-18)27-15-19-7-3-4-11-23-19/h3-8,11,13,21,25-26H,2,9-10,12,14-17H2,1H3/t21-,22-/m0/s1. The van der Waals surface area contributed by atoms with Gasteiger partial charge >= 0.3 is 0 Å². The molecule has 1 aromatic heterocycles. The predicted octanol–water partition coefficient (Wildman–Crippen LogP) is 3.01. The quantitative estimate of drug-likeness (QED) is 0.748. The van der Waals surface area contributed by atoms with E-state index in [1.807, 2.05) is 30.3 Å². The molecular formula is C22H30N2O3. The van der Waals surface area contributed by atoms with Crippen molar-refractivity contribution in [3.05, 3.63) is 59.9 Å².